The lowest BCUT2D eigenvalue weighted by Gasteiger charge is -2.12. The van der Waals surface area contributed by atoms with E-state index in [1.54, 1.807) is 30.7 Å². The first-order valence-electron chi connectivity index (χ1n) is 9.41. The molecule has 9 heteroatoms. The van der Waals surface area contributed by atoms with Crippen molar-refractivity contribution in [2.45, 2.75) is 46.8 Å². The quantitative estimate of drug-likeness (QED) is 0.487. The highest BCUT2D eigenvalue weighted by Crippen LogP contribution is 2.22. The Bertz CT molecular complexity index is 1040. The number of aromatic nitrogens is 4. The standard InChI is InChI=1S/C20H24N6O3/c1-5-24-11-10-18(23-24)13(2)21-20(27)17-8-6-16(7-9-17)12-25-15(4)19(26(28)29)14(3)22-25/h6-11,13H,5,12H2,1-4H3,(H,21,27)/t13-/m1/s1. The Hall–Kier alpha value is -3.49. The summed E-state index contributed by atoms with van der Waals surface area (Å²) in [5.74, 6) is -0.183. The van der Waals surface area contributed by atoms with Crippen LogP contribution in [0.1, 0.15) is 52.9 Å². The molecule has 152 valence electrons. The first-order valence-corrected chi connectivity index (χ1v) is 9.41. The number of carbonyl (C=O) groups excluding carboxylic acids is 1. The van der Waals surface area contributed by atoms with E-state index in [0.29, 0.717) is 23.5 Å². The van der Waals surface area contributed by atoms with Crippen LogP contribution in [0.25, 0.3) is 0 Å². The van der Waals surface area contributed by atoms with Crippen LogP contribution in [0.5, 0.6) is 0 Å². The lowest BCUT2D eigenvalue weighted by atomic mass is 10.1. The molecular formula is C20H24N6O3. The molecule has 0 saturated heterocycles. The molecule has 0 aliphatic carbocycles. The molecule has 2 heterocycles. The number of hydrogen-bond donors (Lipinski definition) is 1. The molecule has 9 nitrogen and oxygen atoms in total. The molecule has 1 N–H and O–H groups in total. The van der Waals surface area contributed by atoms with E-state index in [-0.39, 0.29) is 17.6 Å². The molecule has 29 heavy (non-hydrogen) atoms. The zero-order valence-electron chi connectivity index (χ0n) is 16.9. The predicted molar refractivity (Wildman–Crippen MR) is 108 cm³/mol. The molecule has 0 aliphatic heterocycles. The van der Waals surface area contributed by atoms with Crippen LogP contribution in [0.15, 0.2) is 36.5 Å². The summed E-state index contributed by atoms with van der Waals surface area (Å²) in [4.78, 5) is 23.2. The molecule has 1 aromatic carbocycles. The monoisotopic (exact) mass is 396 g/mol. The zero-order chi connectivity index (χ0) is 21.1. The third kappa shape index (κ3) is 4.34. The van der Waals surface area contributed by atoms with Gasteiger partial charge in [0.1, 0.15) is 11.4 Å². The normalized spacial score (nSPS) is 12.0. The van der Waals surface area contributed by atoms with Gasteiger partial charge in [0, 0.05) is 18.3 Å². The average molecular weight is 396 g/mol. The third-order valence-electron chi connectivity index (χ3n) is 4.85. The summed E-state index contributed by atoms with van der Waals surface area (Å²) in [6, 6.07) is 8.82. The molecule has 2 aromatic heterocycles. The number of carbonyl (C=O) groups is 1. The SMILES string of the molecule is CCn1ccc([C@@H](C)NC(=O)c2ccc(Cn3nc(C)c([N+](=O)[O-])c3C)cc2)n1. The fraction of sp³-hybridized carbons (Fsp3) is 0.350. The minimum atomic E-state index is -0.410. The van der Waals surface area contributed by atoms with Crippen LogP contribution in [-0.2, 0) is 13.1 Å². The van der Waals surface area contributed by atoms with Gasteiger partial charge < -0.3 is 5.32 Å². The van der Waals surface area contributed by atoms with Crippen molar-refractivity contribution in [2.24, 2.45) is 0 Å². The van der Waals surface area contributed by atoms with Crippen LogP contribution in [0, 0.1) is 24.0 Å². The Balaban J connectivity index is 1.67. The maximum absolute atomic E-state index is 12.5. The van der Waals surface area contributed by atoms with E-state index >= 15 is 0 Å². The Labute approximate surface area is 168 Å². The number of nitrogens with zero attached hydrogens (tertiary/aromatic N) is 5. The summed E-state index contributed by atoms with van der Waals surface area (Å²) in [7, 11) is 0. The highest BCUT2D eigenvalue weighted by Gasteiger charge is 2.21. The van der Waals surface area contributed by atoms with Gasteiger partial charge in [0.05, 0.1) is 23.2 Å². The fourth-order valence-corrected chi connectivity index (χ4v) is 3.18. The van der Waals surface area contributed by atoms with Crippen molar-refractivity contribution in [1.29, 1.82) is 0 Å². The average Bonchev–Trinajstić information content (AvgIpc) is 3.27. The van der Waals surface area contributed by atoms with E-state index in [1.165, 1.54) is 0 Å². The summed E-state index contributed by atoms with van der Waals surface area (Å²) in [6.07, 6.45) is 1.89. The van der Waals surface area contributed by atoms with Crippen LogP contribution in [-0.4, -0.2) is 30.4 Å². The van der Waals surface area contributed by atoms with E-state index in [9.17, 15) is 14.9 Å². The van der Waals surface area contributed by atoms with Crippen molar-refractivity contribution in [1.82, 2.24) is 24.9 Å². The summed E-state index contributed by atoms with van der Waals surface area (Å²) < 4.78 is 3.42. The summed E-state index contributed by atoms with van der Waals surface area (Å²) in [6.45, 7) is 8.38. The Kier molecular flexibility index (Phi) is 5.76. The van der Waals surface area contributed by atoms with Gasteiger partial charge in [-0.1, -0.05) is 12.1 Å². The summed E-state index contributed by atoms with van der Waals surface area (Å²) in [5, 5.41) is 22.7. The number of amides is 1. The molecule has 0 radical (unpaired) electrons. The number of rotatable bonds is 7. The van der Waals surface area contributed by atoms with Crippen LogP contribution in [0.3, 0.4) is 0 Å². The van der Waals surface area contributed by atoms with Gasteiger partial charge in [0.2, 0.25) is 0 Å². The number of nitrogens with one attached hydrogen (secondary N) is 1. The molecule has 0 unspecified atom stereocenters. The number of benzene rings is 1. The van der Waals surface area contributed by atoms with Crippen molar-refractivity contribution in [3.05, 3.63) is 74.9 Å². The van der Waals surface area contributed by atoms with E-state index < -0.39 is 4.92 Å². The van der Waals surface area contributed by atoms with E-state index in [1.807, 2.05) is 42.9 Å². The van der Waals surface area contributed by atoms with Gasteiger partial charge in [-0.3, -0.25) is 24.3 Å². The second-order valence-electron chi connectivity index (χ2n) is 6.92. The van der Waals surface area contributed by atoms with Crippen molar-refractivity contribution in [3.63, 3.8) is 0 Å². The molecule has 0 spiro atoms. The predicted octanol–water partition coefficient (Wildman–Crippen LogP) is 3.16. The number of aryl methyl sites for hydroxylation is 2. The number of hydrogen-bond acceptors (Lipinski definition) is 5. The molecule has 0 aliphatic rings. The Morgan fingerprint density at radius 1 is 1.21 bits per heavy atom. The van der Waals surface area contributed by atoms with Crippen molar-refractivity contribution in [3.8, 4) is 0 Å². The smallest absolute Gasteiger partial charge is 0.312 e. The molecule has 1 amide bonds. The lowest BCUT2D eigenvalue weighted by molar-refractivity contribution is -0.386. The molecule has 0 bridgehead atoms. The van der Waals surface area contributed by atoms with Gasteiger partial charge in [-0.25, -0.2) is 0 Å². The van der Waals surface area contributed by atoms with Crippen molar-refractivity contribution >= 4 is 11.6 Å². The minimum absolute atomic E-state index is 0.0421. The van der Waals surface area contributed by atoms with E-state index in [0.717, 1.165) is 17.8 Å². The second-order valence-corrected chi connectivity index (χ2v) is 6.92. The van der Waals surface area contributed by atoms with Crippen LogP contribution < -0.4 is 5.32 Å². The lowest BCUT2D eigenvalue weighted by Crippen LogP contribution is -2.27. The highest BCUT2D eigenvalue weighted by atomic mass is 16.6. The fourth-order valence-electron chi connectivity index (χ4n) is 3.18. The molecule has 0 saturated carbocycles. The Morgan fingerprint density at radius 3 is 2.45 bits per heavy atom. The van der Waals surface area contributed by atoms with E-state index in [2.05, 4.69) is 15.5 Å². The topological polar surface area (TPSA) is 108 Å². The highest BCUT2D eigenvalue weighted by molar-refractivity contribution is 5.94. The molecular weight excluding hydrogens is 372 g/mol. The van der Waals surface area contributed by atoms with Gasteiger partial charge >= 0.3 is 5.69 Å². The zero-order valence-corrected chi connectivity index (χ0v) is 16.9. The van der Waals surface area contributed by atoms with Gasteiger partial charge in [0.25, 0.3) is 5.91 Å². The van der Waals surface area contributed by atoms with Gasteiger partial charge in [-0.05, 0) is 51.5 Å². The van der Waals surface area contributed by atoms with Gasteiger partial charge in [0.15, 0.2) is 0 Å². The minimum Gasteiger partial charge on any atom is -0.344 e. The van der Waals surface area contributed by atoms with Crippen LogP contribution >= 0.6 is 0 Å². The largest absolute Gasteiger partial charge is 0.344 e. The summed E-state index contributed by atoms with van der Waals surface area (Å²) in [5.41, 5.74) is 3.19. The molecule has 1 atom stereocenters. The van der Waals surface area contributed by atoms with Crippen LogP contribution in [0.2, 0.25) is 0 Å². The van der Waals surface area contributed by atoms with Crippen LogP contribution in [0.4, 0.5) is 5.69 Å². The van der Waals surface area contributed by atoms with E-state index in [4.69, 9.17) is 0 Å². The van der Waals surface area contributed by atoms with Gasteiger partial charge in [-0.2, -0.15) is 10.2 Å². The number of nitro groups is 1. The second kappa shape index (κ2) is 8.26. The Morgan fingerprint density at radius 2 is 1.90 bits per heavy atom. The maximum atomic E-state index is 12.5. The van der Waals surface area contributed by atoms with Gasteiger partial charge in [-0.15, -0.1) is 0 Å². The first-order chi connectivity index (χ1) is 13.8. The summed E-state index contributed by atoms with van der Waals surface area (Å²) >= 11 is 0. The molecule has 0 fully saturated rings. The third-order valence-corrected chi connectivity index (χ3v) is 4.85. The van der Waals surface area contributed by atoms with Crippen molar-refractivity contribution < 1.29 is 9.72 Å². The maximum Gasteiger partial charge on any atom is 0.312 e. The molecule has 3 rings (SSSR count). The first kappa shape index (κ1) is 20.2. The molecule has 3 aromatic rings. The van der Waals surface area contributed by atoms with Crippen molar-refractivity contribution in [2.75, 3.05) is 0 Å².